The number of ether oxygens (including phenoxy) is 2. The molecule has 35 heavy (non-hydrogen) atoms. The quantitative estimate of drug-likeness (QED) is 0.532. The van der Waals surface area contributed by atoms with Crippen LogP contribution in [0.3, 0.4) is 0 Å². The molecule has 1 saturated heterocycles. The van der Waals surface area contributed by atoms with Crippen molar-refractivity contribution in [3.8, 4) is 11.5 Å². The van der Waals surface area contributed by atoms with Crippen LogP contribution in [0.2, 0.25) is 0 Å². The molecule has 0 unspecified atom stereocenters. The maximum absolute atomic E-state index is 12.9. The van der Waals surface area contributed by atoms with Crippen molar-refractivity contribution in [1.29, 1.82) is 0 Å². The minimum Gasteiger partial charge on any atom is -0.493 e. The van der Waals surface area contributed by atoms with Gasteiger partial charge in [0.05, 0.1) is 30.2 Å². The zero-order chi connectivity index (χ0) is 24.7. The first-order valence-corrected chi connectivity index (χ1v) is 11.6. The number of nitrogens with zero attached hydrogens (tertiary/aromatic N) is 4. The molecule has 1 aromatic heterocycles. The van der Waals surface area contributed by atoms with Gasteiger partial charge in [-0.05, 0) is 30.3 Å². The fraction of sp³-hybridized carbons (Fsp3) is 0.333. The Labute approximate surface area is 206 Å². The van der Waals surface area contributed by atoms with Crippen LogP contribution in [0.1, 0.15) is 5.56 Å². The summed E-state index contributed by atoms with van der Waals surface area (Å²) in [6.45, 7) is 0.767. The summed E-state index contributed by atoms with van der Waals surface area (Å²) < 4.78 is 76.0. The van der Waals surface area contributed by atoms with Crippen LogP contribution in [0.15, 0.2) is 41.3 Å². The van der Waals surface area contributed by atoms with Crippen LogP contribution in [0, 0.1) is 0 Å². The molecule has 3 aromatic rings. The lowest BCUT2D eigenvalue weighted by molar-refractivity contribution is -0.137. The second-order valence-electron chi connectivity index (χ2n) is 7.55. The van der Waals surface area contributed by atoms with Crippen molar-refractivity contribution in [3.63, 3.8) is 0 Å². The SMILES string of the molecule is COc1cc2nc(N3CCN(S(=O)(=O)c4ccc(C(F)(F)F)cc4)CC3)nc(N)c2cc1OC.Cl. The molecular formula is C21H23ClF3N5O4S. The second kappa shape index (κ2) is 9.91. The second-order valence-corrected chi connectivity index (χ2v) is 9.48. The van der Waals surface area contributed by atoms with E-state index in [1.165, 1.54) is 18.5 Å². The smallest absolute Gasteiger partial charge is 0.416 e. The lowest BCUT2D eigenvalue weighted by Crippen LogP contribution is -2.49. The highest BCUT2D eigenvalue weighted by atomic mass is 35.5. The molecule has 2 N–H and O–H groups in total. The predicted octanol–water partition coefficient (Wildman–Crippen LogP) is 3.18. The van der Waals surface area contributed by atoms with Crippen LogP contribution in [0.5, 0.6) is 11.5 Å². The molecule has 1 fully saturated rings. The Hall–Kier alpha value is -3.03. The Bertz CT molecular complexity index is 1320. The van der Waals surface area contributed by atoms with E-state index in [2.05, 4.69) is 9.97 Å². The van der Waals surface area contributed by atoms with Crippen molar-refractivity contribution in [3.05, 3.63) is 42.0 Å². The molecule has 14 heteroatoms. The Kier molecular flexibility index (Phi) is 7.53. The van der Waals surface area contributed by atoms with E-state index in [0.717, 1.165) is 24.3 Å². The van der Waals surface area contributed by atoms with Gasteiger partial charge in [-0.15, -0.1) is 12.4 Å². The normalized spacial score (nSPS) is 15.1. The van der Waals surface area contributed by atoms with Gasteiger partial charge in [0.25, 0.3) is 0 Å². The first-order chi connectivity index (χ1) is 16.0. The standard InChI is InChI=1S/C21H22F3N5O4S.ClH/c1-32-17-11-15-16(12-18(17)33-2)26-20(27-19(15)25)28-7-9-29(10-8-28)34(30,31)14-5-3-13(4-6-14)21(22,23)24;/h3-6,11-12H,7-10H2,1-2H3,(H2,25,26,27);1H. The Morgan fingerprint density at radius 3 is 2.06 bits per heavy atom. The molecule has 0 amide bonds. The number of hydrogen-bond acceptors (Lipinski definition) is 8. The van der Waals surface area contributed by atoms with Crippen LogP contribution in [0.4, 0.5) is 24.9 Å². The summed E-state index contributed by atoms with van der Waals surface area (Å²) in [6.07, 6.45) is -4.54. The van der Waals surface area contributed by atoms with E-state index in [1.54, 1.807) is 17.0 Å². The highest BCUT2D eigenvalue weighted by Crippen LogP contribution is 2.34. The number of halogens is 4. The predicted molar refractivity (Wildman–Crippen MR) is 127 cm³/mol. The van der Waals surface area contributed by atoms with Crippen molar-refractivity contribution >= 4 is 45.1 Å². The minimum absolute atomic E-state index is 0. The van der Waals surface area contributed by atoms with E-state index < -0.39 is 21.8 Å². The molecule has 2 heterocycles. The highest BCUT2D eigenvalue weighted by Gasteiger charge is 2.33. The zero-order valence-electron chi connectivity index (χ0n) is 18.7. The number of nitrogen functional groups attached to an aromatic ring is 1. The van der Waals surface area contributed by atoms with E-state index in [1.807, 2.05) is 0 Å². The fourth-order valence-corrected chi connectivity index (χ4v) is 5.12. The molecule has 0 saturated carbocycles. The molecule has 1 aliphatic rings. The summed E-state index contributed by atoms with van der Waals surface area (Å²) in [4.78, 5) is 10.5. The van der Waals surface area contributed by atoms with Crippen molar-refractivity contribution < 1.29 is 31.1 Å². The molecule has 0 atom stereocenters. The molecule has 0 bridgehead atoms. The average Bonchev–Trinajstić information content (AvgIpc) is 2.82. The molecule has 4 rings (SSSR count). The van der Waals surface area contributed by atoms with E-state index >= 15 is 0 Å². The van der Waals surface area contributed by atoms with Crippen LogP contribution < -0.4 is 20.1 Å². The molecule has 2 aromatic carbocycles. The minimum atomic E-state index is -4.54. The Morgan fingerprint density at radius 2 is 1.51 bits per heavy atom. The topological polar surface area (TPSA) is 111 Å². The molecule has 0 radical (unpaired) electrons. The fourth-order valence-electron chi connectivity index (χ4n) is 3.70. The third-order valence-electron chi connectivity index (χ3n) is 5.56. The Balaban J connectivity index is 0.00000342. The first-order valence-electron chi connectivity index (χ1n) is 10.2. The average molecular weight is 534 g/mol. The van der Waals surface area contributed by atoms with Gasteiger partial charge in [-0.3, -0.25) is 0 Å². The van der Waals surface area contributed by atoms with Crippen molar-refractivity contribution in [1.82, 2.24) is 14.3 Å². The highest BCUT2D eigenvalue weighted by molar-refractivity contribution is 7.89. The number of anilines is 2. The van der Waals surface area contributed by atoms with Gasteiger partial charge in [0, 0.05) is 37.6 Å². The van der Waals surface area contributed by atoms with Gasteiger partial charge in [0.2, 0.25) is 16.0 Å². The summed E-state index contributed by atoms with van der Waals surface area (Å²) in [5.41, 5.74) is 5.77. The summed E-state index contributed by atoms with van der Waals surface area (Å²) in [6, 6.07) is 6.83. The monoisotopic (exact) mass is 533 g/mol. The summed E-state index contributed by atoms with van der Waals surface area (Å²) in [7, 11) is -0.933. The van der Waals surface area contributed by atoms with E-state index in [0.29, 0.717) is 28.4 Å². The van der Waals surface area contributed by atoms with Gasteiger partial charge in [0.1, 0.15) is 5.82 Å². The van der Waals surface area contributed by atoms with Crippen LogP contribution in [0.25, 0.3) is 10.9 Å². The van der Waals surface area contributed by atoms with Gasteiger partial charge in [-0.25, -0.2) is 13.4 Å². The number of sulfonamides is 1. The van der Waals surface area contributed by atoms with Gasteiger partial charge < -0.3 is 20.1 Å². The van der Waals surface area contributed by atoms with Crippen LogP contribution >= 0.6 is 12.4 Å². The number of aromatic nitrogens is 2. The van der Waals surface area contributed by atoms with Crippen molar-refractivity contribution in [2.45, 2.75) is 11.1 Å². The van der Waals surface area contributed by atoms with E-state index in [-0.39, 0.29) is 49.3 Å². The summed E-state index contributed by atoms with van der Waals surface area (Å²) >= 11 is 0. The van der Waals surface area contributed by atoms with Gasteiger partial charge in [-0.1, -0.05) is 0 Å². The molecule has 190 valence electrons. The lowest BCUT2D eigenvalue weighted by Gasteiger charge is -2.34. The van der Waals surface area contributed by atoms with Gasteiger partial charge in [0.15, 0.2) is 11.5 Å². The Morgan fingerprint density at radius 1 is 0.943 bits per heavy atom. The van der Waals surface area contributed by atoms with Gasteiger partial charge >= 0.3 is 6.18 Å². The third kappa shape index (κ3) is 5.16. The molecule has 9 nitrogen and oxygen atoms in total. The van der Waals surface area contributed by atoms with Gasteiger partial charge in [-0.2, -0.15) is 22.5 Å². The molecule has 1 aliphatic heterocycles. The number of benzene rings is 2. The molecular weight excluding hydrogens is 511 g/mol. The largest absolute Gasteiger partial charge is 0.493 e. The van der Waals surface area contributed by atoms with E-state index in [9.17, 15) is 21.6 Å². The number of methoxy groups -OCH3 is 2. The number of alkyl halides is 3. The first kappa shape index (κ1) is 26.6. The summed E-state index contributed by atoms with van der Waals surface area (Å²) in [5.74, 6) is 1.54. The zero-order valence-corrected chi connectivity index (χ0v) is 20.4. The van der Waals surface area contributed by atoms with Crippen LogP contribution in [-0.4, -0.2) is 63.1 Å². The number of nitrogens with two attached hydrogens (primary N) is 1. The maximum atomic E-state index is 12.9. The maximum Gasteiger partial charge on any atom is 0.416 e. The van der Waals surface area contributed by atoms with Crippen molar-refractivity contribution in [2.24, 2.45) is 0 Å². The summed E-state index contributed by atoms with van der Waals surface area (Å²) in [5, 5.41) is 0.588. The molecule has 0 aliphatic carbocycles. The van der Waals surface area contributed by atoms with Crippen LogP contribution in [-0.2, 0) is 16.2 Å². The number of rotatable bonds is 5. The third-order valence-corrected chi connectivity index (χ3v) is 7.47. The number of hydrogen-bond donors (Lipinski definition) is 1. The number of piperazine rings is 1. The lowest BCUT2D eigenvalue weighted by atomic mass is 10.2. The molecule has 0 spiro atoms. The van der Waals surface area contributed by atoms with E-state index in [4.69, 9.17) is 15.2 Å². The van der Waals surface area contributed by atoms with Crippen molar-refractivity contribution in [2.75, 3.05) is 51.0 Å². The number of fused-ring (bicyclic) bond motifs is 1.